The predicted molar refractivity (Wildman–Crippen MR) is 70.7 cm³/mol. The molecule has 1 aliphatic heterocycles. The lowest BCUT2D eigenvalue weighted by molar-refractivity contribution is 0.0947. The van der Waals surface area contributed by atoms with E-state index in [9.17, 15) is 4.79 Å². The first-order valence-electron chi connectivity index (χ1n) is 6.41. The summed E-state index contributed by atoms with van der Waals surface area (Å²) in [5.41, 5.74) is 3.26. The maximum atomic E-state index is 12.1. The van der Waals surface area contributed by atoms with Crippen LogP contribution < -0.4 is 10.6 Å². The molecule has 1 amide bonds. The van der Waals surface area contributed by atoms with Crippen LogP contribution in [0.25, 0.3) is 0 Å². The van der Waals surface area contributed by atoms with E-state index in [1.54, 1.807) is 7.11 Å². The van der Waals surface area contributed by atoms with E-state index in [0.29, 0.717) is 13.2 Å². The molecule has 2 rings (SSSR count). The molecule has 4 heteroatoms. The van der Waals surface area contributed by atoms with Crippen molar-refractivity contribution in [3.63, 3.8) is 0 Å². The lowest BCUT2D eigenvalue weighted by atomic mass is 9.95. The molecule has 0 spiro atoms. The monoisotopic (exact) mass is 248 g/mol. The van der Waals surface area contributed by atoms with Gasteiger partial charge in [0.1, 0.15) is 0 Å². The van der Waals surface area contributed by atoms with Crippen LogP contribution in [-0.2, 0) is 17.7 Å². The Labute approximate surface area is 108 Å². The zero-order valence-corrected chi connectivity index (χ0v) is 10.8. The molecule has 0 saturated heterocycles. The van der Waals surface area contributed by atoms with Gasteiger partial charge in [-0.2, -0.15) is 0 Å². The smallest absolute Gasteiger partial charge is 0.251 e. The van der Waals surface area contributed by atoms with Crippen molar-refractivity contribution in [2.24, 2.45) is 0 Å². The number of rotatable bonds is 5. The molecule has 4 nitrogen and oxygen atoms in total. The normalized spacial score (nSPS) is 14.1. The molecule has 0 radical (unpaired) electrons. The molecule has 0 saturated carbocycles. The van der Waals surface area contributed by atoms with Gasteiger partial charge in [0.15, 0.2) is 0 Å². The second kappa shape index (κ2) is 6.52. The summed E-state index contributed by atoms with van der Waals surface area (Å²) in [7, 11) is 1.67. The molecule has 1 aromatic carbocycles. The fourth-order valence-electron chi connectivity index (χ4n) is 2.26. The van der Waals surface area contributed by atoms with E-state index in [1.165, 1.54) is 11.1 Å². The minimum Gasteiger partial charge on any atom is -0.385 e. The number of ether oxygens (including phenoxy) is 1. The van der Waals surface area contributed by atoms with Gasteiger partial charge in [-0.1, -0.05) is 12.1 Å². The van der Waals surface area contributed by atoms with Crippen LogP contribution in [0.3, 0.4) is 0 Å². The van der Waals surface area contributed by atoms with Crippen LogP contribution in [0.1, 0.15) is 27.9 Å². The molecule has 0 bridgehead atoms. The Bertz CT molecular complexity index is 418. The fourth-order valence-corrected chi connectivity index (χ4v) is 2.26. The molecule has 0 fully saturated rings. The molecule has 0 aromatic heterocycles. The van der Waals surface area contributed by atoms with Crippen molar-refractivity contribution in [1.29, 1.82) is 0 Å². The van der Waals surface area contributed by atoms with Gasteiger partial charge in [-0.15, -0.1) is 0 Å². The first-order valence-corrected chi connectivity index (χ1v) is 6.41. The topological polar surface area (TPSA) is 50.4 Å². The molecule has 0 aliphatic carbocycles. The van der Waals surface area contributed by atoms with E-state index in [1.807, 2.05) is 12.1 Å². The van der Waals surface area contributed by atoms with E-state index in [4.69, 9.17) is 4.74 Å². The highest BCUT2D eigenvalue weighted by Crippen LogP contribution is 2.18. The number of carbonyl (C=O) groups excluding carboxylic acids is 1. The molecule has 2 N–H and O–H groups in total. The molecule has 0 unspecified atom stereocenters. The number of hydrogen-bond donors (Lipinski definition) is 2. The van der Waals surface area contributed by atoms with Crippen molar-refractivity contribution >= 4 is 5.91 Å². The third-order valence-corrected chi connectivity index (χ3v) is 3.20. The standard InChI is InChI=1S/C14H20N2O2/c1-18-9-3-7-16-14(17)13-5-2-4-11-10-15-8-6-12(11)13/h2,4-5,15H,3,6-10H2,1H3,(H,16,17). The second-order valence-corrected chi connectivity index (χ2v) is 4.47. The molecule has 1 aliphatic rings. The van der Waals surface area contributed by atoms with E-state index >= 15 is 0 Å². The average Bonchev–Trinajstić information content (AvgIpc) is 2.43. The second-order valence-electron chi connectivity index (χ2n) is 4.47. The number of fused-ring (bicyclic) bond motifs is 1. The minimum atomic E-state index is 0.0323. The molecule has 0 atom stereocenters. The fraction of sp³-hybridized carbons (Fsp3) is 0.500. The highest BCUT2D eigenvalue weighted by molar-refractivity contribution is 5.96. The highest BCUT2D eigenvalue weighted by atomic mass is 16.5. The third kappa shape index (κ3) is 3.09. The molecule has 18 heavy (non-hydrogen) atoms. The van der Waals surface area contributed by atoms with Crippen molar-refractivity contribution in [2.75, 3.05) is 26.8 Å². The largest absolute Gasteiger partial charge is 0.385 e. The Balaban J connectivity index is 2.01. The summed E-state index contributed by atoms with van der Waals surface area (Å²) in [6.45, 7) is 3.15. The van der Waals surface area contributed by atoms with Gasteiger partial charge in [0.25, 0.3) is 5.91 Å². The summed E-state index contributed by atoms with van der Waals surface area (Å²) in [5.74, 6) is 0.0323. The van der Waals surface area contributed by atoms with Crippen LogP contribution in [0.15, 0.2) is 18.2 Å². The summed E-state index contributed by atoms with van der Waals surface area (Å²) in [6.07, 6.45) is 1.77. The van der Waals surface area contributed by atoms with Gasteiger partial charge in [0.2, 0.25) is 0 Å². The van der Waals surface area contributed by atoms with Crippen molar-refractivity contribution in [3.05, 3.63) is 34.9 Å². The quantitative estimate of drug-likeness (QED) is 0.767. The first-order chi connectivity index (χ1) is 8.83. The van der Waals surface area contributed by atoms with Crippen molar-refractivity contribution < 1.29 is 9.53 Å². The van der Waals surface area contributed by atoms with Crippen LogP contribution in [-0.4, -0.2) is 32.7 Å². The Hall–Kier alpha value is -1.39. The summed E-state index contributed by atoms with van der Waals surface area (Å²) in [5, 5.41) is 6.26. The van der Waals surface area contributed by atoms with Crippen LogP contribution in [0, 0.1) is 0 Å². The van der Waals surface area contributed by atoms with E-state index in [0.717, 1.165) is 31.5 Å². The van der Waals surface area contributed by atoms with E-state index in [2.05, 4.69) is 16.7 Å². The number of carbonyl (C=O) groups is 1. The SMILES string of the molecule is COCCCNC(=O)c1cccc2c1CCNC2. The van der Waals surface area contributed by atoms with Gasteiger partial charge in [-0.3, -0.25) is 4.79 Å². The van der Waals surface area contributed by atoms with Crippen LogP contribution in [0.4, 0.5) is 0 Å². The highest BCUT2D eigenvalue weighted by Gasteiger charge is 2.16. The third-order valence-electron chi connectivity index (χ3n) is 3.20. The summed E-state index contributed by atoms with van der Waals surface area (Å²) in [4.78, 5) is 12.1. The summed E-state index contributed by atoms with van der Waals surface area (Å²) in [6, 6.07) is 5.95. The van der Waals surface area contributed by atoms with Gasteiger partial charge < -0.3 is 15.4 Å². The van der Waals surface area contributed by atoms with E-state index < -0.39 is 0 Å². The van der Waals surface area contributed by atoms with Crippen molar-refractivity contribution in [1.82, 2.24) is 10.6 Å². The lowest BCUT2D eigenvalue weighted by Crippen LogP contribution is -2.30. The number of benzene rings is 1. The van der Waals surface area contributed by atoms with Gasteiger partial charge in [0.05, 0.1) is 0 Å². The van der Waals surface area contributed by atoms with E-state index in [-0.39, 0.29) is 5.91 Å². The Morgan fingerprint density at radius 3 is 3.22 bits per heavy atom. The van der Waals surface area contributed by atoms with Crippen molar-refractivity contribution in [2.45, 2.75) is 19.4 Å². The van der Waals surface area contributed by atoms with Crippen LogP contribution in [0.2, 0.25) is 0 Å². The van der Waals surface area contributed by atoms with Crippen LogP contribution in [0.5, 0.6) is 0 Å². The molecule has 98 valence electrons. The van der Waals surface area contributed by atoms with Gasteiger partial charge in [-0.05, 0) is 36.6 Å². The lowest BCUT2D eigenvalue weighted by Gasteiger charge is -2.19. The van der Waals surface area contributed by atoms with Gasteiger partial charge >= 0.3 is 0 Å². The maximum absolute atomic E-state index is 12.1. The predicted octanol–water partition coefficient (Wildman–Crippen LogP) is 1.10. The average molecular weight is 248 g/mol. The summed E-state index contributed by atoms with van der Waals surface area (Å²) >= 11 is 0. The Morgan fingerprint density at radius 2 is 2.39 bits per heavy atom. The Kier molecular flexibility index (Phi) is 4.73. The number of nitrogens with one attached hydrogen (secondary N) is 2. The number of hydrogen-bond acceptors (Lipinski definition) is 3. The zero-order chi connectivity index (χ0) is 12.8. The van der Waals surface area contributed by atoms with Crippen molar-refractivity contribution in [3.8, 4) is 0 Å². The molecular formula is C14H20N2O2. The zero-order valence-electron chi connectivity index (χ0n) is 10.8. The Morgan fingerprint density at radius 1 is 1.50 bits per heavy atom. The minimum absolute atomic E-state index is 0.0323. The first kappa shape index (κ1) is 13.1. The van der Waals surface area contributed by atoms with Gasteiger partial charge in [0, 0.05) is 32.4 Å². The molecule has 1 aromatic rings. The molecule has 1 heterocycles. The van der Waals surface area contributed by atoms with Gasteiger partial charge in [-0.25, -0.2) is 0 Å². The molecular weight excluding hydrogens is 228 g/mol. The number of amides is 1. The summed E-state index contributed by atoms with van der Waals surface area (Å²) < 4.78 is 4.96. The van der Waals surface area contributed by atoms with Crippen LogP contribution >= 0.6 is 0 Å². The maximum Gasteiger partial charge on any atom is 0.251 e. The number of methoxy groups -OCH3 is 1.